The van der Waals surface area contributed by atoms with E-state index < -0.39 is 9.73 Å². The van der Waals surface area contributed by atoms with Gasteiger partial charge in [-0.05, 0) is 7.05 Å². The first-order valence-corrected chi connectivity index (χ1v) is 4.92. The molecule has 1 aliphatic rings. The third-order valence-electron chi connectivity index (χ3n) is 1.61. The van der Waals surface area contributed by atoms with Crippen molar-refractivity contribution in [3.05, 3.63) is 0 Å². The van der Waals surface area contributed by atoms with E-state index in [-0.39, 0.29) is 0 Å². The highest BCUT2D eigenvalue weighted by atomic mass is 32.2. The second-order valence-corrected chi connectivity index (χ2v) is 4.96. The molecule has 0 amide bonds. The van der Waals surface area contributed by atoms with Gasteiger partial charge in [0.15, 0.2) is 0 Å². The predicted octanol–water partition coefficient (Wildman–Crippen LogP) is -0.0214. The van der Waals surface area contributed by atoms with Crippen molar-refractivity contribution in [2.45, 2.75) is 0 Å². The zero-order valence-electron chi connectivity index (χ0n) is 5.59. The lowest BCUT2D eigenvalue weighted by Crippen LogP contribution is -2.36. The molecule has 1 heterocycles. The van der Waals surface area contributed by atoms with Gasteiger partial charge in [0, 0.05) is 34.3 Å². The van der Waals surface area contributed by atoms with Gasteiger partial charge in [-0.15, -0.1) is 0 Å². The lowest BCUT2D eigenvalue weighted by atomic mass is 10.6. The third-order valence-corrected chi connectivity index (χ3v) is 3.29. The second kappa shape index (κ2) is 2.27. The molecular weight excluding hydrogens is 136 g/mol. The van der Waals surface area contributed by atoms with Gasteiger partial charge >= 0.3 is 0 Å². The Morgan fingerprint density at radius 3 is 2.22 bits per heavy atom. The average molecular weight is 148 g/mol. The Labute approximate surface area is 56.0 Å². The highest BCUT2D eigenvalue weighted by Crippen LogP contribution is 2.00. The van der Waals surface area contributed by atoms with E-state index in [1.54, 1.807) is 0 Å². The van der Waals surface area contributed by atoms with Crippen molar-refractivity contribution < 1.29 is 4.21 Å². The Morgan fingerprint density at radius 2 is 1.89 bits per heavy atom. The number of hydrogen-bond acceptors (Lipinski definition) is 3. The molecule has 0 saturated carbocycles. The molecule has 0 aromatic rings. The first-order valence-electron chi connectivity index (χ1n) is 3.03. The van der Waals surface area contributed by atoms with E-state index in [2.05, 4.69) is 4.90 Å². The molecule has 54 valence electrons. The van der Waals surface area contributed by atoms with Crippen molar-refractivity contribution in [3.63, 3.8) is 0 Å². The molecule has 0 atom stereocenters. The van der Waals surface area contributed by atoms with Crippen molar-refractivity contribution in [2.24, 2.45) is 0 Å². The van der Waals surface area contributed by atoms with E-state index in [0.717, 1.165) is 13.1 Å². The smallest absolute Gasteiger partial charge is 0.0466 e. The van der Waals surface area contributed by atoms with Crippen LogP contribution >= 0.6 is 0 Å². The van der Waals surface area contributed by atoms with Crippen molar-refractivity contribution in [1.82, 2.24) is 4.90 Å². The molecule has 1 saturated heterocycles. The van der Waals surface area contributed by atoms with Crippen LogP contribution in [0.3, 0.4) is 0 Å². The van der Waals surface area contributed by atoms with Gasteiger partial charge in [-0.1, -0.05) is 0 Å². The molecular formula is C5H12N2OS. The Hall–Kier alpha value is -0.0900. The van der Waals surface area contributed by atoms with Crippen LogP contribution in [-0.4, -0.2) is 40.8 Å². The summed E-state index contributed by atoms with van der Waals surface area (Å²) in [5.41, 5.74) is 0. The van der Waals surface area contributed by atoms with Crippen LogP contribution < -0.4 is 0 Å². The van der Waals surface area contributed by atoms with Crippen molar-refractivity contribution in [1.29, 1.82) is 4.78 Å². The molecule has 0 unspecified atom stereocenters. The Kier molecular flexibility index (Phi) is 1.77. The molecule has 0 aromatic heterocycles. The summed E-state index contributed by atoms with van der Waals surface area (Å²) in [6.45, 7) is 1.64. The molecule has 1 rings (SSSR count). The van der Waals surface area contributed by atoms with Crippen LogP contribution in [0.2, 0.25) is 0 Å². The molecule has 3 nitrogen and oxygen atoms in total. The van der Waals surface area contributed by atoms with E-state index in [4.69, 9.17) is 4.78 Å². The van der Waals surface area contributed by atoms with Gasteiger partial charge in [0.05, 0.1) is 0 Å². The molecule has 1 fully saturated rings. The fourth-order valence-corrected chi connectivity index (χ4v) is 2.24. The average Bonchev–Trinajstić information content (AvgIpc) is 1.78. The SMILES string of the molecule is CN1CCS(=N)(=O)CC1. The van der Waals surface area contributed by atoms with Gasteiger partial charge in [-0.2, -0.15) is 0 Å². The van der Waals surface area contributed by atoms with Gasteiger partial charge in [-0.25, -0.2) is 4.21 Å². The van der Waals surface area contributed by atoms with Crippen molar-refractivity contribution in [3.8, 4) is 0 Å². The monoisotopic (exact) mass is 148 g/mol. The summed E-state index contributed by atoms with van der Waals surface area (Å²) in [6, 6.07) is 0. The van der Waals surface area contributed by atoms with E-state index in [0.29, 0.717) is 11.5 Å². The van der Waals surface area contributed by atoms with Crippen LogP contribution in [0.5, 0.6) is 0 Å². The lowest BCUT2D eigenvalue weighted by molar-refractivity contribution is 0.365. The topological polar surface area (TPSA) is 44.2 Å². The quantitative estimate of drug-likeness (QED) is 0.524. The van der Waals surface area contributed by atoms with E-state index in [9.17, 15) is 4.21 Å². The molecule has 4 heteroatoms. The van der Waals surface area contributed by atoms with Gasteiger partial charge in [0.2, 0.25) is 0 Å². The lowest BCUT2D eigenvalue weighted by Gasteiger charge is -2.23. The predicted molar refractivity (Wildman–Crippen MR) is 38.1 cm³/mol. The van der Waals surface area contributed by atoms with Crippen molar-refractivity contribution in [2.75, 3.05) is 31.6 Å². The normalized spacial score (nSPS) is 28.1. The summed E-state index contributed by atoms with van der Waals surface area (Å²) in [7, 11) is -0.163. The molecule has 9 heavy (non-hydrogen) atoms. The van der Waals surface area contributed by atoms with Gasteiger partial charge in [0.1, 0.15) is 0 Å². The minimum Gasteiger partial charge on any atom is -0.304 e. The third kappa shape index (κ3) is 1.95. The second-order valence-electron chi connectivity index (χ2n) is 2.52. The zero-order chi connectivity index (χ0) is 6.91. The summed E-state index contributed by atoms with van der Waals surface area (Å²) in [6.07, 6.45) is 0. The maximum atomic E-state index is 11.0. The first kappa shape index (κ1) is 7.02. The molecule has 0 radical (unpaired) electrons. The molecule has 0 bridgehead atoms. The fraction of sp³-hybridized carbons (Fsp3) is 1.00. The highest BCUT2D eigenvalue weighted by Gasteiger charge is 2.14. The van der Waals surface area contributed by atoms with Gasteiger partial charge in [-0.3, -0.25) is 4.78 Å². The van der Waals surface area contributed by atoms with E-state index >= 15 is 0 Å². The van der Waals surface area contributed by atoms with E-state index in [1.165, 1.54) is 0 Å². The summed E-state index contributed by atoms with van der Waals surface area (Å²) < 4.78 is 18.2. The van der Waals surface area contributed by atoms with Crippen LogP contribution in [0.15, 0.2) is 0 Å². The van der Waals surface area contributed by atoms with Crippen LogP contribution in [-0.2, 0) is 9.73 Å². The fourth-order valence-electron chi connectivity index (χ4n) is 0.820. The minimum atomic E-state index is -2.16. The molecule has 1 aliphatic heterocycles. The number of rotatable bonds is 0. The van der Waals surface area contributed by atoms with Gasteiger partial charge in [0.25, 0.3) is 0 Å². The number of hydrogen-bond donors (Lipinski definition) is 1. The summed E-state index contributed by atoms with van der Waals surface area (Å²) in [5, 5.41) is 0. The Balaban J connectivity index is 2.55. The van der Waals surface area contributed by atoms with Crippen LogP contribution in [0.4, 0.5) is 0 Å². The maximum Gasteiger partial charge on any atom is 0.0466 e. The van der Waals surface area contributed by atoms with Crippen LogP contribution in [0.25, 0.3) is 0 Å². The molecule has 0 aliphatic carbocycles. The van der Waals surface area contributed by atoms with Crippen LogP contribution in [0.1, 0.15) is 0 Å². The standard InChI is InChI=1S/C5H12N2OS/c1-7-2-4-9(6,8)5-3-7/h6H,2-5H2,1H3. The summed E-state index contributed by atoms with van der Waals surface area (Å²) in [4.78, 5) is 2.11. The largest absolute Gasteiger partial charge is 0.304 e. The molecule has 0 spiro atoms. The molecule has 1 N–H and O–H groups in total. The number of nitrogens with one attached hydrogen (secondary N) is 1. The van der Waals surface area contributed by atoms with Gasteiger partial charge < -0.3 is 4.90 Å². The van der Waals surface area contributed by atoms with Crippen molar-refractivity contribution >= 4 is 9.73 Å². The first-order chi connectivity index (χ1) is 4.10. The minimum absolute atomic E-state index is 0.559. The Bertz CT molecular complexity index is 171. The number of nitrogens with zero attached hydrogens (tertiary/aromatic N) is 1. The maximum absolute atomic E-state index is 11.0. The van der Waals surface area contributed by atoms with E-state index in [1.807, 2.05) is 7.05 Å². The highest BCUT2D eigenvalue weighted by molar-refractivity contribution is 7.92. The molecule has 0 aromatic carbocycles. The zero-order valence-corrected chi connectivity index (χ0v) is 6.41. The van der Waals surface area contributed by atoms with Crippen LogP contribution in [0, 0.1) is 4.78 Å². The Morgan fingerprint density at radius 1 is 1.44 bits per heavy atom. The summed E-state index contributed by atoms with van der Waals surface area (Å²) in [5.74, 6) is 1.12. The summed E-state index contributed by atoms with van der Waals surface area (Å²) >= 11 is 0.